The molecule has 2 rings (SSSR count). The number of carbonyl (C=O) groups excluding carboxylic acids is 1. The smallest absolute Gasteiger partial charge is 0.243 e. The van der Waals surface area contributed by atoms with Crippen LogP contribution >= 0.6 is 11.6 Å². The zero-order valence-corrected chi connectivity index (χ0v) is 10.5. The third-order valence-electron chi connectivity index (χ3n) is 3.53. The van der Waals surface area contributed by atoms with E-state index in [0.29, 0.717) is 6.54 Å². The molecule has 1 aliphatic carbocycles. The van der Waals surface area contributed by atoms with Crippen LogP contribution in [0.2, 0.25) is 5.02 Å². The first-order valence-corrected chi connectivity index (χ1v) is 6.20. The molecule has 90 valence electrons. The Morgan fingerprint density at radius 2 is 2.29 bits per heavy atom. The second kappa shape index (κ2) is 4.92. The summed E-state index contributed by atoms with van der Waals surface area (Å²) in [5.41, 5.74) is 1.30. The Kier molecular flexibility index (Phi) is 3.53. The van der Waals surface area contributed by atoms with Crippen molar-refractivity contribution in [2.45, 2.75) is 24.7 Å². The van der Waals surface area contributed by atoms with Crippen molar-refractivity contribution >= 4 is 17.5 Å². The molecule has 0 radical (unpaired) electrons. The Hall–Kier alpha value is -1.28. The predicted molar refractivity (Wildman–Crippen MR) is 70.2 cm³/mol. The zero-order chi connectivity index (χ0) is 12.3. The van der Waals surface area contributed by atoms with Crippen LogP contribution in [-0.4, -0.2) is 12.5 Å². The van der Waals surface area contributed by atoms with E-state index >= 15 is 0 Å². The lowest BCUT2D eigenvalue weighted by Gasteiger charge is -2.42. The van der Waals surface area contributed by atoms with E-state index in [-0.39, 0.29) is 11.3 Å². The van der Waals surface area contributed by atoms with E-state index in [1.54, 1.807) is 0 Å². The SMILES string of the molecule is C=CC(=O)NCC1(c2cccc(Cl)c2)CCC1. The van der Waals surface area contributed by atoms with E-state index in [9.17, 15) is 4.79 Å². The second-order valence-electron chi connectivity index (χ2n) is 4.57. The summed E-state index contributed by atoms with van der Waals surface area (Å²) in [5.74, 6) is -0.113. The van der Waals surface area contributed by atoms with Crippen LogP contribution in [0.5, 0.6) is 0 Å². The summed E-state index contributed by atoms with van der Waals surface area (Å²) in [6.45, 7) is 4.12. The minimum absolute atomic E-state index is 0.0730. The maximum absolute atomic E-state index is 11.2. The Balaban J connectivity index is 2.14. The summed E-state index contributed by atoms with van der Waals surface area (Å²) in [5, 5.41) is 3.65. The van der Waals surface area contributed by atoms with Crippen LogP contribution in [0.4, 0.5) is 0 Å². The van der Waals surface area contributed by atoms with E-state index in [4.69, 9.17) is 11.6 Å². The summed E-state index contributed by atoms with van der Waals surface area (Å²) in [4.78, 5) is 11.2. The van der Waals surface area contributed by atoms with Crippen molar-refractivity contribution in [3.8, 4) is 0 Å². The molecule has 0 heterocycles. The van der Waals surface area contributed by atoms with Crippen molar-refractivity contribution in [3.05, 3.63) is 47.5 Å². The first-order valence-electron chi connectivity index (χ1n) is 5.83. The number of nitrogens with one attached hydrogen (secondary N) is 1. The van der Waals surface area contributed by atoms with Gasteiger partial charge in [0.1, 0.15) is 0 Å². The van der Waals surface area contributed by atoms with Crippen molar-refractivity contribution in [2.24, 2.45) is 0 Å². The fourth-order valence-electron chi connectivity index (χ4n) is 2.32. The number of amides is 1. The van der Waals surface area contributed by atoms with Gasteiger partial charge in [-0.2, -0.15) is 0 Å². The number of rotatable bonds is 4. The maximum atomic E-state index is 11.2. The van der Waals surface area contributed by atoms with Crippen LogP contribution in [0.25, 0.3) is 0 Å². The molecule has 3 heteroatoms. The molecule has 0 saturated heterocycles. The number of hydrogen-bond acceptors (Lipinski definition) is 1. The van der Waals surface area contributed by atoms with Gasteiger partial charge in [0.15, 0.2) is 0 Å². The molecule has 1 saturated carbocycles. The Bertz CT molecular complexity index is 438. The maximum Gasteiger partial charge on any atom is 0.243 e. The molecule has 2 nitrogen and oxygen atoms in total. The third kappa shape index (κ3) is 2.52. The zero-order valence-electron chi connectivity index (χ0n) is 9.71. The standard InChI is InChI=1S/C14H16ClNO/c1-2-13(17)16-10-14(7-4-8-14)11-5-3-6-12(15)9-11/h2-3,5-6,9H,1,4,7-8,10H2,(H,16,17). The van der Waals surface area contributed by atoms with E-state index < -0.39 is 0 Å². The fraction of sp³-hybridized carbons (Fsp3) is 0.357. The molecule has 1 fully saturated rings. The second-order valence-corrected chi connectivity index (χ2v) is 5.00. The molecule has 0 bridgehead atoms. The molecule has 0 aromatic heterocycles. The van der Waals surface area contributed by atoms with Crippen LogP contribution in [0.3, 0.4) is 0 Å². The molecule has 1 aromatic rings. The highest BCUT2D eigenvalue weighted by Gasteiger charge is 2.38. The topological polar surface area (TPSA) is 29.1 Å². The van der Waals surface area contributed by atoms with Gasteiger partial charge in [0.2, 0.25) is 5.91 Å². The Labute approximate surface area is 107 Å². The van der Waals surface area contributed by atoms with Gasteiger partial charge in [-0.05, 0) is 36.6 Å². The van der Waals surface area contributed by atoms with Crippen molar-refractivity contribution in [1.29, 1.82) is 0 Å². The van der Waals surface area contributed by atoms with Crippen LogP contribution in [-0.2, 0) is 10.2 Å². The highest BCUT2D eigenvalue weighted by Crippen LogP contribution is 2.43. The molecule has 0 spiro atoms. The minimum atomic E-state index is -0.113. The van der Waals surface area contributed by atoms with Gasteiger partial charge in [0.05, 0.1) is 0 Å². The molecule has 0 aliphatic heterocycles. The molecule has 0 unspecified atom stereocenters. The van der Waals surface area contributed by atoms with Gasteiger partial charge in [-0.15, -0.1) is 0 Å². The van der Waals surface area contributed by atoms with Crippen molar-refractivity contribution in [3.63, 3.8) is 0 Å². The quantitative estimate of drug-likeness (QED) is 0.817. The average molecular weight is 250 g/mol. The molecule has 0 atom stereocenters. The molecule has 1 aromatic carbocycles. The lowest BCUT2D eigenvalue weighted by molar-refractivity contribution is -0.116. The Morgan fingerprint density at radius 1 is 1.53 bits per heavy atom. The molecule has 17 heavy (non-hydrogen) atoms. The van der Waals surface area contributed by atoms with Crippen LogP contribution in [0.15, 0.2) is 36.9 Å². The fourth-order valence-corrected chi connectivity index (χ4v) is 2.51. The summed E-state index contributed by atoms with van der Waals surface area (Å²) >= 11 is 6.02. The molecular weight excluding hydrogens is 234 g/mol. The summed E-state index contributed by atoms with van der Waals surface area (Å²) in [6.07, 6.45) is 4.72. The van der Waals surface area contributed by atoms with Gasteiger partial charge in [0, 0.05) is 17.0 Å². The molecular formula is C14H16ClNO. The lowest BCUT2D eigenvalue weighted by Crippen LogP contribution is -2.45. The van der Waals surface area contributed by atoms with E-state index in [1.165, 1.54) is 18.1 Å². The van der Waals surface area contributed by atoms with Gasteiger partial charge in [-0.3, -0.25) is 4.79 Å². The van der Waals surface area contributed by atoms with Crippen LogP contribution < -0.4 is 5.32 Å². The van der Waals surface area contributed by atoms with Gasteiger partial charge in [-0.1, -0.05) is 36.7 Å². The van der Waals surface area contributed by atoms with E-state index in [0.717, 1.165) is 17.9 Å². The number of benzene rings is 1. The van der Waals surface area contributed by atoms with Crippen LogP contribution in [0.1, 0.15) is 24.8 Å². The molecule has 1 amide bonds. The molecule has 1 N–H and O–H groups in total. The summed E-state index contributed by atoms with van der Waals surface area (Å²) < 4.78 is 0. The number of halogens is 1. The average Bonchev–Trinajstić information content (AvgIpc) is 2.27. The lowest BCUT2D eigenvalue weighted by atomic mass is 9.64. The van der Waals surface area contributed by atoms with E-state index in [2.05, 4.69) is 18.0 Å². The Morgan fingerprint density at radius 3 is 2.82 bits per heavy atom. The third-order valence-corrected chi connectivity index (χ3v) is 3.77. The largest absolute Gasteiger partial charge is 0.352 e. The monoisotopic (exact) mass is 249 g/mol. The summed E-state index contributed by atoms with van der Waals surface area (Å²) in [7, 11) is 0. The van der Waals surface area contributed by atoms with Crippen molar-refractivity contribution in [1.82, 2.24) is 5.32 Å². The van der Waals surface area contributed by atoms with Crippen LogP contribution in [0, 0.1) is 0 Å². The first-order chi connectivity index (χ1) is 8.16. The highest BCUT2D eigenvalue weighted by molar-refractivity contribution is 6.30. The van der Waals surface area contributed by atoms with Crippen molar-refractivity contribution < 1.29 is 4.79 Å². The number of carbonyl (C=O) groups is 1. The summed E-state index contributed by atoms with van der Waals surface area (Å²) in [6, 6.07) is 7.93. The first kappa shape index (κ1) is 12.2. The number of hydrogen-bond donors (Lipinski definition) is 1. The highest BCUT2D eigenvalue weighted by atomic mass is 35.5. The van der Waals surface area contributed by atoms with Gasteiger partial charge < -0.3 is 5.32 Å². The van der Waals surface area contributed by atoms with E-state index in [1.807, 2.05) is 18.2 Å². The minimum Gasteiger partial charge on any atom is -0.352 e. The van der Waals surface area contributed by atoms with Gasteiger partial charge in [-0.25, -0.2) is 0 Å². The van der Waals surface area contributed by atoms with Crippen molar-refractivity contribution in [2.75, 3.05) is 6.54 Å². The predicted octanol–water partition coefficient (Wildman–Crippen LogP) is 3.06. The van der Waals surface area contributed by atoms with Gasteiger partial charge in [0.25, 0.3) is 0 Å². The normalized spacial score (nSPS) is 17.0. The van der Waals surface area contributed by atoms with Gasteiger partial charge >= 0.3 is 0 Å². The molecule has 1 aliphatic rings.